The van der Waals surface area contributed by atoms with E-state index < -0.39 is 34.4 Å². The lowest BCUT2D eigenvalue weighted by Gasteiger charge is -2.32. The van der Waals surface area contributed by atoms with Gasteiger partial charge in [0.25, 0.3) is 10.0 Å². The summed E-state index contributed by atoms with van der Waals surface area (Å²) >= 11 is 12.8. The van der Waals surface area contributed by atoms with Crippen LogP contribution in [0.5, 0.6) is 11.5 Å². The fourth-order valence-electron chi connectivity index (χ4n) is 4.49. The summed E-state index contributed by atoms with van der Waals surface area (Å²) in [6.45, 7) is 6.63. The molecule has 0 saturated carbocycles. The van der Waals surface area contributed by atoms with Crippen LogP contribution in [0.25, 0.3) is 0 Å². The molecule has 0 aliphatic carbocycles. The van der Waals surface area contributed by atoms with Gasteiger partial charge in [-0.25, -0.2) is 8.42 Å². The number of halogens is 2. The Bertz CT molecular complexity index is 1520. The molecule has 0 bridgehead atoms. The molecule has 0 fully saturated rings. The van der Waals surface area contributed by atoms with Crippen molar-refractivity contribution in [3.63, 3.8) is 0 Å². The number of carbonyl (C=O) groups excluding carboxylic acids is 2. The zero-order chi connectivity index (χ0) is 31.2. The highest BCUT2D eigenvalue weighted by atomic mass is 35.5. The van der Waals surface area contributed by atoms with Crippen molar-refractivity contribution in [2.24, 2.45) is 0 Å². The quantitative estimate of drug-likeness (QED) is 0.287. The predicted molar refractivity (Wildman–Crippen MR) is 165 cm³/mol. The number of likely N-dealkylation sites (N-methyl/N-ethyl adjacent to an activating group) is 1. The second-order valence-electron chi connectivity index (χ2n) is 9.67. The van der Waals surface area contributed by atoms with Crippen LogP contribution in [-0.4, -0.2) is 58.5 Å². The molecule has 0 heterocycles. The maximum absolute atomic E-state index is 14.2. The molecule has 0 unspecified atom stereocenters. The molecule has 9 nitrogen and oxygen atoms in total. The minimum absolute atomic E-state index is 0.107. The highest BCUT2D eigenvalue weighted by molar-refractivity contribution is 7.92. The number of hydrogen-bond acceptors (Lipinski definition) is 6. The second-order valence-corrected chi connectivity index (χ2v) is 12.3. The van der Waals surface area contributed by atoms with Gasteiger partial charge in [0.05, 0.1) is 24.8 Å². The summed E-state index contributed by atoms with van der Waals surface area (Å²) in [5, 5.41) is 3.34. The lowest BCUT2D eigenvalue weighted by molar-refractivity contribution is -0.139. The molecule has 3 rings (SSSR count). The minimum Gasteiger partial charge on any atom is -0.493 e. The molecule has 0 aromatic heterocycles. The number of nitrogens with zero attached hydrogens (tertiary/aromatic N) is 2. The van der Waals surface area contributed by atoms with Crippen LogP contribution in [0.3, 0.4) is 0 Å². The summed E-state index contributed by atoms with van der Waals surface area (Å²) in [7, 11) is -1.47. The third-order valence-corrected chi connectivity index (χ3v) is 9.10. The highest BCUT2D eigenvalue weighted by Crippen LogP contribution is 2.33. The number of sulfonamides is 1. The number of aryl methyl sites for hydroxylation is 2. The van der Waals surface area contributed by atoms with Crippen LogP contribution in [0.1, 0.15) is 30.5 Å². The third kappa shape index (κ3) is 7.48. The fraction of sp³-hybridized carbons (Fsp3) is 0.333. The van der Waals surface area contributed by atoms with Gasteiger partial charge in [-0.15, -0.1) is 0 Å². The van der Waals surface area contributed by atoms with E-state index in [-0.39, 0.29) is 22.9 Å². The van der Waals surface area contributed by atoms with Crippen LogP contribution in [0.2, 0.25) is 10.0 Å². The van der Waals surface area contributed by atoms with Gasteiger partial charge in [-0.05, 0) is 75.2 Å². The van der Waals surface area contributed by atoms with Crippen molar-refractivity contribution in [2.75, 3.05) is 31.6 Å². The number of ether oxygens (including phenoxy) is 2. The Hall–Kier alpha value is -3.47. The first-order valence-corrected chi connectivity index (χ1v) is 15.4. The number of benzene rings is 3. The first kappa shape index (κ1) is 33.0. The van der Waals surface area contributed by atoms with Gasteiger partial charge in [-0.3, -0.25) is 13.9 Å². The molecule has 1 atom stereocenters. The predicted octanol–water partition coefficient (Wildman–Crippen LogP) is 5.38. The third-order valence-electron chi connectivity index (χ3n) is 6.62. The normalized spacial score (nSPS) is 11.9. The van der Waals surface area contributed by atoms with Crippen LogP contribution in [0.4, 0.5) is 5.69 Å². The zero-order valence-corrected chi connectivity index (χ0v) is 26.7. The van der Waals surface area contributed by atoms with Gasteiger partial charge >= 0.3 is 0 Å². The molecule has 1 N–H and O–H groups in total. The topological polar surface area (TPSA) is 105 Å². The average Bonchev–Trinajstić information content (AvgIpc) is 2.94. The number of hydrogen-bond donors (Lipinski definition) is 1. The molecule has 226 valence electrons. The van der Waals surface area contributed by atoms with E-state index in [1.807, 2.05) is 19.9 Å². The maximum Gasteiger partial charge on any atom is 0.264 e. The number of amides is 2. The van der Waals surface area contributed by atoms with Crippen molar-refractivity contribution in [2.45, 2.75) is 45.2 Å². The van der Waals surface area contributed by atoms with Crippen LogP contribution in [0, 0.1) is 13.8 Å². The van der Waals surface area contributed by atoms with Crippen LogP contribution in [-0.2, 0) is 26.2 Å². The SMILES string of the molecule is CCNC(=O)[C@@H](C)N(Cc1c(Cl)cccc1Cl)C(=O)CN(c1cc(C)cc(C)c1)S(=O)(=O)c1ccc(OC)c(OC)c1. The van der Waals surface area contributed by atoms with Crippen molar-refractivity contribution in [3.8, 4) is 11.5 Å². The van der Waals surface area contributed by atoms with Gasteiger partial charge in [-0.2, -0.15) is 0 Å². The number of anilines is 1. The zero-order valence-electron chi connectivity index (χ0n) is 24.4. The van der Waals surface area contributed by atoms with Gasteiger partial charge in [0.15, 0.2) is 11.5 Å². The Balaban J connectivity index is 2.14. The number of rotatable bonds is 12. The van der Waals surface area contributed by atoms with E-state index in [9.17, 15) is 18.0 Å². The molecule has 3 aromatic rings. The Labute approximate surface area is 257 Å². The van der Waals surface area contributed by atoms with Crippen LogP contribution < -0.4 is 19.1 Å². The van der Waals surface area contributed by atoms with E-state index >= 15 is 0 Å². The molecule has 3 aromatic carbocycles. The smallest absolute Gasteiger partial charge is 0.264 e. The highest BCUT2D eigenvalue weighted by Gasteiger charge is 2.33. The summed E-state index contributed by atoms with van der Waals surface area (Å²) in [6, 6.07) is 13.4. The summed E-state index contributed by atoms with van der Waals surface area (Å²) < 4.78 is 40.0. The number of methoxy groups -OCH3 is 2. The monoisotopic (exact) mass is 635 g/mol. The van der Waals surface area contributed by atoms with Crippen LogP contribution in [0.15, 0.2) is 59.5 Å². The Kier molecular flexibility index (Phi) is 11.1. The number of nitrogens with one attached hydrogen (secondary N) is 1. The molecule has 0 radical (unpaired) electrons. The Morgan fingerprint density at radius 2 is 1.52 bits per heavy atom. The van der Waals surface area contributed by atoms with E-state index in [2.05, 4.69) is 5.32 Å². The van der Waals surface area contributed by atoms with Crippen molar-refractivity contribution >= 4 is 50.7 Å². The minimum atomic E-state index is -4.32. The molecule has 0 aliphatic heterocycles. The molecule has 42 heavy (non-hydrogen) atoms. The average molecular weight is 637 g/mol. The van der Waals surface area contributed by atoms with Crippen molar-refractivity contribution < 1.29 is 27.5 Å². The largest absolute Gasteiger partial charge is 0.493 e. The van der Waals surface area contributed by atoms with Crippen molar-refractivity contribution in [1.29, 1.82) is 0 Å². The maximum atomic E-state index is 14.2. The first-order valence-electron chi connectivity index (χ1n) is 13.2. The molecule has 0 saturated heterocycles. The van der Waals surface area contributed by atoms with E-state index in [0.29, 0.717) is 27.9 Å². The van der Waals surface area contributed by atoms with Gasteiger partial charge in [0.2, 0.25) is 11.8 Å². The summed E-state index contributed by atoms with van der Waals surface area (Å²) in [5.74, 6) is -0.475. The van der Waals surface area contributed by atoms with Crippen molar-refractivity contribution in [3.05, 3.63) is 81.3 Å². The first-order chi connectivity index (χ1) is 19.8. The van der Waals surface area contributed by atoms with Gasteiger partial charge in [0, 0.05) is 34.8 Å². The van der Waals surface area contributed by atoms with E-state index in [4.69, 9.17) is 32.7 Å². The molecule has 0 aliphatic rings. The summed E-state index contributed by atoms with van der Waals surface area (Å²) in [5.41, 5.74) is 2.34. The molecule has 12 heteroatoms. The molecule has 0 spiro atoms. The summed E-state index contributed by atoms with van der Waals surface area (Å²) in [4.78, 5) is 28.2. The van der Waals surface area contributed by atoms with Crippen LogP contribution >= 0.6 is 23.2 Å². The van der Waals surface area contributed by atoms with Gasteiger partial charge < -0.3 is 19.7 Å². The van der Waals surface area contributed by atoms with Crippen molar-refractivity contribution in [1.82, 2.24) is 10.2 Å². The fourth-order valence-corrected chi connectivity index (χ4v) is 6.42. The van der Waals surface area contributed by atoms with E-state index in [0.717, 1.165) is 15.4 Å². The van der Waals surface area contributed by atoms with Gasteiger partial charge in [-0.1, -0.05) is 35.3 Å². The van der Waals surface area contributed by atoms with E-state index in [1.54, 1.807) is 44.2 Å². The lowest BCUT2D eigenvalue weighted by atomic mass is 10.1. The molecular weight excluding hydrogens is 601 g/mol. The molecule has 2 amide bonds. The summed E-state index contributed by atoms with van der Waals surface area (Å²) in [6.07, 6.45) is 0. The number of carbonyl (C=O) groups is 2. The second kappa shape index (κ2) is 14.1. The molecular formula is C30H35Cl2N3O6S. The lowest BCUT2D eigenvalue weighted by Crippen LogP contribution is -2.51. The standard InChI is InChI=1S/C30H35Cl2N3O6S/c1-7-33-30(37)21(4)34(17-24-25(31)9-8-10-26(24)32)29(36)18-35(22-14-19(2)13-20(3)15-22)42(38,39)23-11-12-27(40-5)28(16-23)41-6/h8-16,21H,7,17-18H2,1-6H3,(H,33,37)/t21-/m1/s1. The van der Waals surface area contributed by atoms with E-state index in [1.165, 1.54) is 37.3 Å². The Morgan fingerprint density at radius 1 is 0.929 bits per heavy atom. The van der Waals surface area contributed by atoms with Gasteiger partial charge in [0.1, 0.15) is 12.6 Å². The Morgan fingerprint density at radius 3 is 2.07 bits per heavy atom.